The molecule has 3 atom stereocenters. The summed E-state index contributed by atoms with van der Waals surface area (Å²) in [6, 6.07) is -0.000174. The van der Waals surface area contributed by atoms with E-state index in [4.69, 9.17) is 10.8 Å². The van der Waals surface area contributed by atoms with Crippen molar-refractivity contribution in [3.8, 4) is 0 Å². The Morgan fingerprint density at radius 1 is 1.39 bits per heavy atom. The molecule has 0 aromatic carbocycles. The van der Waals surface area contributed by atoms with Crippen molar-refractivity contribution in [2.24, 2.45) is 23.5 Å². The van der Waals surface area contributed by atoms with E-state index in [2.05, 4.69) is 19.2 Å². The Balaban J connectivity index is 2.42. The molecule has 5 nitrogen and oxygen atoms in total. The summed E-state index contributed by atoms with van der Waals surface area (Å²) < 4.78 is 0. The molecule has 1 unspecified atom stereocenters. The highest BCUT2D eigenvalue weighted by molar-refractivity contribution is 5.79. The van der Waals surface area contributed by atoms with Crippen molar-refractivity contribution in [3.63, 3.8) is 0 Å². The minimum absolute atomic E-state index is 0.000174. The van der Waals surface area contributed by atoms with Crippen molar-refractivity contribution in [2.75, 3.05) is 6.54 Å². The van der Waals surface area contributed by atoms with Crippen LogP contribution < -0.4 is 11.1 Å². The van der Waals surface area contributed by atoms with Gasteiger partial charge in [-0.05, 0) is 31.6 Å². The maximum absolute atomic E-state index is 12.0. The summed E-state index contributed by atoms with van der Waals surface area (Å²) in [6.07, 6.45) is 2.72. The van der Waals surface area contributed by atoms with Gasteiger partial charge in [-0.2, -0.15) is 0 Å². The third-order valence-corrected chi connectivity index (χ3v) is 3.54. The predicted octanol–water partition coefficient (Wildman–Crippen LogP) is 0.977. The number of carboxylic acids is 1. The Labute approximate surface area is 108 Å². The van der Waals surface area contributed by atoms with Crippen LogP contribution >= 0.6 is 0 Å². The molecule has 1 saturated carbocycles. The molecule has 1 aliphatic rings. The van der Waals surface area contributed by atoms with E-state index in [-0.39, 0.29) is 23.8 Å². The predicted molar refractivity (Wildman–Crippen MR) is 68.9 cm³/mol. The lowest BCUT2D eigenvalue weighted by atomic mass is 9.96. The Hall–Kier alpha value is -1.10. The number of carboxylic acid groups (broad SMARTS) is 1. The van der Waals surface area contributed by atoms with Crippen LogP contribution in [0.3, 0.4) is 0 Å². The smallest absolute Gasteiger partial charge is 0.306 e. The molecule has 5 heteroatoms. The maximum atomic E-state index is 12.0. The van der Waals surface area contributed by atoms with Gasteiger partial charge >= 0.3 is 5.97 Å². The molecule has 0 aromatic heterocycles. The fourth-order valence-corrected chi connectivity index (χ4v) is 2.54. The van der Waals surface area contributed by atoms with Crippen LogP contribution in [-0.2, 0) is 9.59 Å². The normalized spacial score (nSPS) is 25.1. The van der Waals surface area contributed by atoms with Gasteiger partial charge in [-0.15, -0.1) is 0 Å². The molecule has 1 amide bonds. The number of carbonyl (C=O) groups is 2. The first-order valence-corrected chi connectivity index (χ1v) is 6.67. The van der Waals surface area contributed by atoms with Crippen LogP contribution in [0.1, 0.15) is 39.5 Å². The quantitative estimate of drug-likeness (QED) is 0.660. The van der Waals surface area contributed by atoms with Gasteiger partial charge in [-0.25, -0.2) is 0 Å². The van der Waals surface area contributed by atoms with Crippen LogP contribution in [0.4, 0.5) is 0 Å². The van der Waals surface area contributed by atoms with Gasteiger partial charge in [-0.1, -0.05) is 13.8 Å². The van der Waals surface area contributed by atoms with Gasteiger partial charge in [0.1, 0.15) is 0 Å². The molecule has 0 bridgehead atoms. The topological polar surface area (TPSA) is 92.4 Å². The minimum Gasteiger partial charge on any atom is -0.481 e. The lowest BCUT2D eigenvalue weighted by Gasteiger charge is -2.20. The molecule has 1 aliphatic carbocycles. The molecule has 0 aromatic rings. The largest absolute Gasteiger partial charge is 0.481 e. The number of hydrogen-bond donors (Lipinski definition) is 3. The van der Waals surface area contributed by atoms with E-state index in [0.29, 0.717) is 25.3 Å². The van der Waals surface area contributed by atoms with Crippen LogP contribution in [0.25, 0.3) is 0 Å². The van der Waals surface area contributed by atoms with Gasteiger partial charge in [0.2, 0.25) is 5.91 Å². The molecule has 0 spiro atoms. The second-order valence-corrected chi connectivity index (χ2v) is 5.62. The molecule has 104 valence electrons. The average molecular weight is 256 g/mol. The second kappa shape index (κ2) is 6.73. The van der Waals surface area contributed by atoms with Gasteiger partial charge in [-0.3, -0.25) is 9.59 Å². The van der Waals surface area contributed by atoms with Crippen molar-refractivity contribution in [3.05, 3.63) is 0 Å². The number of aliphatic carboxylic acids is 1. The highest BCUT2D eigenvalue weighted by Crippen LogP contribution is 2.26. The van der Waals surface area contributed by atoms with Crippen LogP contribution in [0, 0.1) is 17.8 Å². The Kier molecular flexibility index (Phi) is 5.59. The first-order valence-electron chi connectivity index (χ1n) is 6.67. The van der Waals surface area contributed by atoms with Crippen molar-refractivity contribution in [1.29, 1.82) is 0 Å². The van der Waals surface area contributed by atoms with Crippen LogP contribution in [0.5, 0.6) is 0 Å². The molecular weight excluding hydrogens is 232 g/mol. The Morgan fingerprint density at radius 3 is 2.50 bits per heavy atom. The van der Waals surface area contributed by atoms with E-state index in [0.717, 1.165) is 12.8 Å². The van der Waals surface area contributed by atoms with Crippen molar-refractivity contribution < 1.29 is 14.7 Å². The lowest BCUT2D eigenvalue weighted by molar-refractivity contribution is -0.141. The number of amides is 1. The van der Waals surface area contributed by atoms with Crippen molar-refractivity contribution in [2.45, 2.75) is 45.6 Å². The molecule has 18 heavy (non-hydrogen) atoms. The van der Waals surface area contributed by atoms with Gasteiger partial charge in [0.05, 0.1) is 11.8 Å². The maximum Gasteiger partial charge on any atom is 0.306 e. The first kappa shape index (κ1) is 15.0. The van der Waals surface area contributed by atoms with E-state index < -0.39 is 5.97 Å². The third-order valence-electron chi connectivity index (χ3n) is 3.54. The summed E-state index contributed by atoms with van der Waals surface area (Å²) in [5, 5.41) is 11.8. The summed E-state index contributed by atoms with van der Waals surface area (Å²) in [4.78, 5) is 22.8. The average Bonchev–Trinajstić information content (AvgIpc) is 2.74. The number of nitrogens with one attached hydrogen (secondary N) is 1. The first-order chi connectivity index (χ1) is 8.43. The van der Waals surface area contributed by atoms with E-state index in [9.17, 15) is 9.59 Å². The number of nitrogens with two attached hydrogens (primary N) is 1. The SMILES string of the molecule is CC(C)CC(CN)C(=O)N[C@H]1CC[C@@H](C(=O)O)C1. The molecule has 0 radical (unpaired) electrons. The summed E-state index contributed by atoms with van der Waals surface area (Å²) >= 11 is 0. The number of carbonyl (C=O) groups excluding carboxylic acids is 1. The molecule has 0 aliphatic heterocycles. The lowest BCUT2D eigenvalue weighted by Crippen LogP contribution is -2.41. The minimum atomic E-state index is -0.760. The third kappa shape index (κ3) is 4.29. The summed E-state index contributed by atoms with van der Waals surface area (Å²) in [5.41, 5.74) is 5.62. The zero-order valence-corrected chi connectivity index (χ0v) is 11.2. The van der Waals surface area contributed by atoms with E-state index in [1.54, 1.807) is 0 Å². The second-order valence-electron chi connectivity index (χ2n) is 5.62. The monoisotopic (exact) mass is 256 g/mol. The van der Waals surface area contributed by atoms with Gasteiger partial charge in [0.15, 0.2) is 0 Å². The summed E-state index contributed by atoms with van der Waals surface area (Å²) in [7, 11) is 0. The zero-order valence-electron chi connectivity index (χ0n) is 11.2. The summed E-state index contributed by atoms with van der Waals surface area (Å²) in [5.74, 6) is -0.822. The van der Waals surface area contributed by atoms with Gasteiger partial charge < -0.3 is 16.2 Å². The molecule has 0 heterocycles. The van der Waals surface area contributed by atoms with Crippen LogP contribution in [0.2, 0.25) is 0 Å². The highest BCUT2D eigenvalue weighted by atomic mass is 16.4. The van der Waals surface area contributed by atoms with Crippen molar-refractivity contribution >= 4 is 11.9 Å². The molecular formula is C13H24N2O3. The van der Waals surface area contributed by atoms with E-state index >= 15 is 0 Å². The summed E-state index contributed by atoms with van der Waals surface area (Å²) in [6.45, 7) is 4.47. The highest BCUT2D eigenvalue weighted by Gasteiger charge is 2.31. The Morgan fingerprint density at radius 2 is 2.06 bits per heavy atom. The molecule has 4 N–H and O–H groups in total. The van der Waals surface area contributed by atoms with Gasteiger partial charge in [0, 0.05) is 12.6 Å². The van der Waals surface area contributed by atoms with E-state index in [1.807, 2.05) is 0 Å². The molecule has 0 saturated heterocycles. The standard InChI is InChI=1S/C13H24N2O3/c1-8(2)5-10(7-14)12(16)15-11-4-3-9(6-11)13(17)18/h8-11H,3-7,14H2,1-2H3,(H,15,16)(H,17,18)/t9-,10?,11+/m1/s1. The van der Waals surface area contributed by atoms with Gasteiger partial charge in [0.25, 0.3) is 0 Å². The number of rotatable bonds is 6. The Bertz CT molecular complexity index is 305. The number of hydrogen-bond acceptors (Lipinski definition) is 3. The van der Waals surface area contributed by atoms with Crippen LogP contribution in [-0.4, -0.2) is 29.6 Å². The van der Waals surface area contributed by atoms with Crippen LogP contribution in [0.15, 0.2) is 0 Å². The zero-order chi connectivity index (χ0) is 13.7. The molecule has 1 rings (SSSR count). The van der Waals surface area contributed by atoms with E-state index in [1.165, 1.54) is 0 Å². The van der Waals surface area contributed by atoms with Crippen molar-refractivity contribution in [1.82, 2.24) is 5.32 Å². The molecule has 1 fully saturated rings. The fourth-order valence-electron chi connectivity index (χ4n) is 2.54. The fraction of sp³-hybridized carbons (Fsp3) is 0.846.